The van der Waals surface area contributed by atoms with Crippen LogP contribution in [0.25, 0.3) is 17.1 Å². The van der Waals surface area contributed by atoms with Gasteiger partial charge in [0.2, 0.25) is 0 Å². The van der Waals surface area contributed by atoms with Crippen LogP contribution in [-0.2, 0) is 0 Å². The third kappa shape index (κ3) is 1.83. The van der Waals surface area contributed by atoms with Crippen molar-refractivity contribution in [1.82, 2.24) is 9.78 Å². The zero-order valence-electron chi connectivity index (χ0n) is 10.2. The van der Waals surface area contributed by atoms with Crippen LogP contribution < -0.4 is 0 Å². The monoisotopic (exact) mass is 270 g/mol. The molecule has 2 heterocycles. The summed E-state index contributed by atoms with van der Waals surface area (Å²) in [5.41, 5.74) is 0.665. The van der Waals surface area contributed by atoms with Crippen molar-refractivity contribution in [2.24, 2.45) is 0 Å². The van der Waals surface area contributed by atoms with Gasteiger partial charge in [0.25, 0.3) is 0 Å². The summed E-state index contributed by atoms with van der Waals surface area (Å²) in [4.78, 5) is 11.3. The Labute approximate surface area is 113 Å². The number of rotatable bonds is 3. The molecule has 1 aromatic carbocycles. The van der Waals surface area contributed by atoms with Gasteiger partial charge in [0.05, 0.1) is 12.5 Å². The molecule has 0 aliphatic carbocycles. The fraction of sp³-hybridized carbons (Fsp3) is 0. The lowest BCUT2D eigenvalue weighted by atomic mass is 10.2. The maximum absolute atomic E-state index is 11.3. The van der Waals surface area contributed by atoms with Crippen LogP contribution in [0.4, 0.5) is 0 Å². The fourth-order valence-electron chi connectivity index (χ4n) is 1.98. The lowest BCUT2D eigenvalue weighted by molar-refractivity contribution is 0.0697. The van der Waals surface area contributed by atoms with Crippen molar-refractivity contribution >= 4 is 5.97 Å². The number of furan rings is 1. The third-order valence-corrected chi connectivity index (χ3v) is 2.86. The van der Waals surface area contributed by atoms with Gasteiger partial charge in [0.1, 0.15) is 22.7 Å². The van der Waals surface area contributed by atoms with E-state index in [1.807, 2.05) is 0 Å². The summed E-state index contributed by atoms with van der Waals surface area (Å²) in [6, 6.07) is 9.84. The quantitative estimate of drug-likeness (QED) is 0.763. The van der Waals surface area contributed by atoms with E-state index in [0.29, 0.717) is 11.4 Å². The number of aromatic hydroxyl groups is 1. The summed E-state index contributed by atoms with van der Waals surface area (Å²) >= 11 is 0. The molecule has 0 amide bonds. The Balaban J connectivity index is 2.28. The van der Waals surface area contributed by atoms with E-state index in [4.69, 9.17) is 4.42 Å². The Morgan fingerprint density at radius 1 is 1.20 bits per heavy atom. The maximum Gasteiger partial charge on any atom is 0.339 e. The van der Waals surface area contributed by atoms with E-state index in [2.05, 4.69) is 5.10 Å². The molecule has 100 valence electrons. The van der Waals surface area contributed by atoms with E-state index >= 15 is 0 Å². The molecule has 0 bridgehead atoms. The molecule has 6 heteroatoms. The molecule has 6 nitrogen and oxygen atoms in total. The zero-order valence-corrected chi connectivity index (χ0v) is 10.2. The van der Waals surface area contributed by atoms with E-state index in [1.165, 1.54) is 23.2 Å². The van der Waals surface area contributed by atoms with Crippen LogP contribution >= 0.6 is 0 Å². The first-order chi connectivity index (χ1) is 9.68. The Morgan fingerprint density at radius 2 is 2.00 bits per heavy atom. The summed E-state index contributed by atoms with van der Waals surface area (Å²) in [5.74, 6) is -0.749. The number of aromatic carboxylic acids is 1. The van der Waals surface area contributed by atoms with E-state index in [0.717, 1.165) is 0 Å². The Kier molecular flexibility index (Phi) is 2.76. The van der Waals surface area contributed by atoms with E-state index in [9.17, 15) is 15.0 Å². The summed E-state index contributed by atoms with van der Waals surface area (Å²) in [6.07, 6.45) is 2.68. The number of carboxylic acids is 1. The average Bonchev–Trinajstić information content (AvgIpc) is 3.07. The topological polar surface area (TPSA) is 88.5 Å². The third-order valence-electron chi connectivity index (χ3n) is 2.86. The minimum absolute atomic E-state index is 0.000319. The molecule has 0 atom stereocenters. The van der Waals surface area contributed by atoms with Crippen LogP contribution in [0, 0.1) is 0 Å². The summed E-state index contributed by atoms with van der Waals surface area (Å²) in [6.45, 7) is 0. The van der Waals surface area contributed by atoms with Gasteiger partial charge in [-0.1, -0.05) is 12.1 Å². The molecule has 2 aromatic heterocycles. The van der Waals surface area contributed by atoms with Crippen LogP contribution in [0.2, 0.25) is 0 Å². The molecule has 0 saturated carbocycles. The SMILES string of the molecule is O=C(O)c1cnn(-c2ccccc2O)c1-c1ccco1. The highest BCUT2D eigenvalue weighted by Crippen LogP contribution is 2.30. The largest absolute Gasteiger partial charge is 0.506 e. The number of phenolic OH excluding ortho intramolecular Hbond substituents is 1. The second kappa shape index (κ2) is 4.58. The van der Waals surface area contributed by atoms with E-state index in [1.54, 1.807) is 30.3 Å². The highest BCUT2D eigenvalue weighted by molar-refractivity contribution is 5.94. The lowest BCUT2D eigenvalue weighted by Crippen LogP contribution is -2.02. The summed E-state index contributed by atoms with van der Waals surface area (Å²) in [7, 11) is 0. The minimum Gasteiger partial charge on any atom is -0.506 e. The van der Waals surface area contributed by atoms with Gasteiger partial charge >= 0.3 is 5.97 Å². The summed E-state index contributed by atoms with van der Waals surface area (Å²) in [5, 5.41) is 23.2. The first kappa shape index (κ1) is 12.0. The smallest absolute Gasteiger partial charge is 0.339 e. The van der Waals surface area contributed by atoms with E-state index in [-0.39, 0.29) is 17.0 Å². The first-order valence-corrected chi connectivity index (χ1v) is 5.82. The van der Waals surface area contributed by atoms with Gasteiger partial charge in [-0.05, 0) is 24.3 Å². The number of aromatic nitrogens is 2. The minimum atomic E-state index is -1.11. The molecule has 0 unspecified atom stereocenters. The number of phenols is 1. The molecule has 3 rings (SSSR count). The van der Waals surface area contributed by atoms with Crippen molar-refractivity contribution in [3.63, 3.8) is 0 Å². The fourth-order valence-corrected chi connectivity index (χ4v) is 1.98. The van der Waals surface area contributed by atoms with Crippen molar-refractivity contribution in [2.45, 2.75) is 0 Å². The Morgan fingerprint density at radius 3 is 2.65 bits per heavy atom. The van der Waals surface area contributed by atoms with E-state index < -0.39 is 5.97 Å². The standard InChI is InChI=1S/C14H10N2O4/c17-11-5-2-1-4-10(11)16-13(12-6-3-7-20-12)9(8-15-16)14(18)19/h1-8,17H,(H,18,19). The molecule has 0 fully saturated rings. The van der Waals surface area contributed by atoms with Crippen molar-refractivity contribution in [3.8, 4) is 22.9 Å². The summed E-state index contributed by atoms with van der Waals surface area (Å²) < 4.78 is 6.61. The normalized spacial score (nSPS) is 10.6. The predicted molar refractivity (Wildman–Crippen MR) is 69.9 cm³/mol. The lowest BCUT2D eigenvalue weighted by Gasteiger charge is -2.08. The van der Waals surface area contributed by atoms with Gasteiger partial charge < -0.3 is 14.6 Å². The van der Waals surface area contributed by atoms with Gasteiger partial charge in [-0.25, -0.2) is 9.48 Å². The van der Waals surface area contributed by atoms with Gasteiger partial charge in [-0.3, -0.25) is 0 Å². The maximum atomic E-state index is 11.3. The molecule has 3 aromatic rings. The average molecular weight is 270 g/mol. The highest BCUT2D eigenvalue weighted by Gasteiger charge is 2.22. The van der Waals surface area contributed by atoms with Gasteiger partial charge in [-0.15, -0.1) is 0 Å². The molecule has 0 saturated heterocycles. The number of para-hydroxylation sites is 2. The number of hydrogen-bond donors (Lipinski definition) is 2. The molecular formula is C14H10N2O4. The second-order valence-corrected chi connectivity index (χ2v) is 4.09. The van der Waals surface area contributed by atoms with Gasteiger partial charge in [-0.2, -0.15) is 5.10 Å². The molecule has 2 N–H and O–H groups in total. The van der Waals surface area contributed by atoms with Crippen molar-refractivity contribution < 1.29 is 19.4 Å². The molecule has 0 radical (unpaired) electrons. The Bertz CT molecular complexity index is 759. The van der Waals surface area contributed by atoms with Crippen molar-refractivity contribution in [3.05, 3.63) is 54.4 Å². The van der Waals surface area contributed by atoms with Crippen LogP contribution in [0.15, 0.2) is 53.3 Å². The molecule has 0 aliphatic heterocycles. The molecular weight excluding hydrogens is 260 g/mol. The first-order valence-electron chi connectivity index (χ1n) is 5.82. The number of carbonyl (C=O) groups is 1. The number of benzene rings is 1. The van der Waals surface area contributed by atoms with Crippen molar-refractivity contribution in [2.75, 3.05) is 0 Å². The van der Waals surface area contributed by atoms with Crippen LogP contribution in [0.3, 0.4) is 0 Å². The molecule has 0 aliphatic rings. The van der Waals surface area contributed by atoms with Crippen LogP contribution in [0.1, 0.15) is 10.4 Å². The predicted octanol–water partition coefficient (Wildman–Crippen LogP) is 2.54. The number of hydrogen-bond acceptors (Lipinski definition) is 4. The molecule has 0 spiro atoms. The second-order valence-electron chi connectivity index (χ2n) is 4.09. The molecule has 20 heavy (non-hydrogen) atoms. The van der Waals surface area contributed by atoms with Gasteiger partial charge in [0.15, 0.2) is 5.76 Å². The highest BCUT2D eigenvalue weighted by atomic mass is 16.4. The van der Waals surface area contributed by atoms with Gasteiger partial charge in [0, 0.05) is 0 Å². The van der Waals surface area contributed by atoms with Crippen molar-refractivity contribution in [1.29, 1.82) is 0 Å². The zero-order chi connectivity index (χ0) is 14.1. The van der Waals surface area contributed by atoms with Crippen LogP contribution in [0.5, 0.6) is 5.75 Å². The number of nitrogens with zero attached hydrogens (tertiary/aromatic N) is 2. The Hall–Kier alpha value is -3.02. The number of carboxylic acid groups (broad SMARTS) is 1. The van der Waals surface area contributed by atoms with Crippen LogP contribution in [-0.4, -0.2) is 26.0 Å².